The van der Waals surface area contributed by atoms with Crippen molar-refractivity contribution in [2.75, 3.05) is 42.9 Å². The second-order valence-electron chi connectivity index (χ2n) is 10.9. The average molecular weight is 575 g/mol. The highest BCUT2D eigenvalue weighted by Crippen LogP contribution is 2.20. The van der Waals surface area contributed by atoms with Crippen LogP contribution in [0.1, 0.15) is 74.3 Å². The highest BCUT2D eigenvalue weighted by atomic mass is 19.1. The van der Waals surface area contributed by atoms with Crippen LogP contribution < -0.4 is 10.2 Å². The number of aromatic nitrogens is 3. The van der Waals surface area contributed by atoms with E-state index >= 15 is 0 Å². The number of nitrogens with zero attached hydrogens (tertiary/aromatic N) is 5. The van der Waals surface area contributed by atoms with Crippen LogP contribution >= 0.6 is 0 Å². The zero-order chi connectivity index (χ0) is 29.6. The molecule has 0 aliphatic carbocycles. The highest BCUT2D eigenvalue weighted by Gasteiger charge is 2.21. The molecule has 0 saturated carbocycles. The van der Waals surface area contributed by atoms with E-state index in [4.69, 9.17) is 0 Å². The summed E-state index contributed by atoms with van der Waals surface area (Å²) in [5.74, 6) is -0.486. The number of unbranched alkanes of at least 4 members (excludes halogenated alkanes) is 7. The van der Waals surface area contributed by atoms with Gasteiger partial charge in [-0.1, -0.05) is 69.2 Å². The molecule has 2 aromatic carbocycles. The van der Waals surface area contributed by atoms with Crippen molar-refractivity contribution in [3.8, 4) is 0 Å². The third-order valence-corrected chi connectivity index (χ3v) is 7.59. The van der Waals surface area contributed by atoms with Gasteiger partial charge in [-0.05, 0) is 55.0 Å². The maximum atomic E-state index is 14.1. The predicted molar refractivity (Wildman–Crippen MR) is 166 cm³/mol. The predicted octanol–water partition coefficient (Wildman–Crippen LogP) is 6.21. The van der Waals surface area contributed by atoms with E-state index < -0.39 is 0 Å². The van der Waals surface area contributed by atoms with Crippen LogP contribution in [0.2, 0.25) is 0 Å². The maximum absolute atomic E-state index is 14.1. The first-order valence-corrected chi connectivity index (χ1v) is 15.3. The molecule has 1 aliphatic rings. The average Bonchev–Trinajstić information content (AvgIpc) is 3.46. The number of allylic oxidation sites excluding steroid dienone is 1. The first kappa shape index (κ1) is 31.1. The van der Waals surface area contributed by atoms with Gasteiger partial charge in [0.05, 0.1) is 18.4 Å². The van der Waals surface area contributed by atoms with E-state index in [0.29, 0.717) is 48.8 Å². The molecule has 0 unspecified atom stereocenters. The summed E-state index contributed by atoms with van der Waals surface area (Å²) in [6, 6.07) is 13.6. The van der Waals surface area contributed by atoms with E-state index in [9.17, 15) is 14.0 Å². The van der Waals surface area contributed by atoms with Crippen LogP contribution in [-0.4, -0.2) is 64.3 Å². The summed E-state index contributed by atoms with van der Waals surface area (Å²) in [5.41, 5.74) is 2.42. The molecule has 0 radical (unpaired) electrons. The molecule has 1 N–H and O–H groups in total. The summed E-state index contributed by atoms with van der Waals surface area (Å²) in [5, 5.41) is 11.2. The second-order valence-corrected chi connectivity index (χ2v) is 10.9. The number of amides is 1. The Morgan fingerprint density at radius 3 is 2.31 bits per heavy atom. The number of para-hydroxylation sites is 1. The van der Waals surface area contributed by atoms with Crippen LogP contribution in [0.25, 0.3) is 6.08 Å². The molecule has 224 valence electrons. The number of nitrogens with one attached hydrogen (secondary N) is 1. The number of hydrogen-bond acceptors (Lipinski definition) is 6. The van der Waals surface area contributed by atoms with Crippen LogP contribution in [-0.2, 0) is 11.3 Å². The summed E-state index contributed by atoms with van der Waals surface area (Å²) in [6.07, 6.45) is 15.2. The van der Waals surface area contributed by atoms with Gasteiger partial charge in [0.15, 0.2) is 5.78 Å². The van der Waals surface area contributed by atoms with Crippen LogP contribution in [0.15, 0.2) is 60.8 Å². The minimum atomic E-state index is -0.224. The lowest BCUT2D eigenvalue weighted by Crippen LogP contribution is -2.48. The lowest BCUT2D eigenvalue weighted by molar-refractivity contribution is -0.117. The quantitative estimate of drug-likeness (QED) is 0.124. The molecular formula is C33H43FN6O2. The Morgan fingerprint density at radius 1 is 0.905 bits per heavy atom. The third kappa shape index (κ3) is 9.91. The number of hydrogen-bond donors (Lipinski definition) is 1. The maximum Gasteiger partial charge on any atom is 0.238 e. The molecule has 0 atom stereocenters. The summed E-state index contributed by atoms with van der Waals surface area (Å²) in [7, 11) is 0. The van der Waals surface area contributed by atoms with E-state index in [-0.39, 0.29) is 24.1 Å². The SMILES string of the molecule is CCCCCCCCCCn1cc(/C=C/C(=O)c2ccc(NC(=O)CN3CCN(c4ccccc4F)CC3)cc2)nn1. The van der Waals surface area contributed by atoms with E-state index in [1.807, 2.05) is 21.8 Å². The highest BCUT2D eigenvalue weighted by molar-refractivity contribution is 6.07. The first-order valence-electron chi connectivity index (χ1n) is 15.3. The monoisotopic (exact) mass is 574 g/mol. The standard InChI is InChI=1S/C33H43FN6O2/c1-2-3-4-5-6-7-8-11-20-40-25-29(36-37-40)18-19-32(41)27-14-16-28(17-15-27)35-33(42)26-38-21-23-39(24-22-38)31-13-10-9-12-30(31)34/h9-10,12-19,25H,2-8,11,20-24,26H2,1H3,(H,35,42)/b19-18+. The number of benzene rings is 2. The Balaban J connectivity index is 1.15. The largest absolute Gasteiger partial charge is 0.367 e. The van der Waals surface area contributed by atoms with Crippen LogP contribution in [0.3, 0.4) is 0 Å². The summed E-state index contributed by atoms with van der Waals surface area (Å²) >= 11 is 0. The molecule has 0 spiro atoms. The minimum Gasteiger partial charge on any atom is -0.367 e. The number of halogens is 1. The van der Waals surface area contributed by atoms with Gasteiger partial charge in [0.1, 0.15) is 11.5 Å². The normalized spacial score (nSPS) is 14.0. The van der Waals surface area contributed by atoms with Crippen molar-refractivity contribution in [3.63, 3.8) is 0 Å². The fraction of sp³-hybridized carbons (Fsp3) is 0.455. The van der Waals surface area contributed by atoms with E-state index in [1.165, 1.54) is 57.1 Å². The van der Waals surface area contributed by atoms with Gasteiger partial charge in [-0.25, -0.2) is 4.39 Å². The van der Waals surface area contributed by atoms with Gasteiger partial charge >= 0.3 is 0 Å². The molecule has 42 heavy (non-hydrogen) atoms. The van der Waals surface area contributed by atoms with Gasteiger partial charge < -0.3 is 10.2 Å². The van der Waals surface area contributed by atoms with Crippen molar-refractivity contribution < 1.29 is 14.0 Å². The summed E-state index contributed by atoms with van der Waals surface area (Å²) < 4.78 is 15.9. The molecule has 1 aliphatic heterocycles. The molecule has 9 heteroatoms. The van der Waals surface area contributed by atoms with Crippen molar-refractivity contribution in [1.29, 1.82) is 0 Å². The molecule has 2 heterocycles. The fourth-order valence-corrected chi connectivity index (χ4v) is 5.14. The Kier molecular flexibility index (Phi) is 12.3. The number of anilines is 2. The number of piperazine rings is 1. The van der Waals surface area contributed by atoms with Crippen molar-refractivity contribution >= 4 is 29.1 Å². The van der Waals surface area contributed by atoms with Gasteiger partial charge in [-0.15, -0.1) is 5.10 Å². The van der Waals surface area contributed by atoms with Crippen molar-refractivity contribution in [1.82, 2.24) is 19.9 Å². The Hall–Kier alpha value is -3.85. The van der Waals surface area contributed by atoms with Gasteiger partial charge in [0.2, 0.25) is 5.91 Å². The van der Waals surface area contributed by atoms with Crippen LogP contribution in [0.4, 0.5) is 15.8 Å². The van der Waals surface area contributed by atoms with Crippen molar-refractivity contribution in [2.24, 2.45) is 0 Å². The molecular weight excluding hydrogens is 531 g/mol. The smallest absolute Gasteiger partial charge is 0.238 e. The zero-order valence-electron chi connectivity index (χ0n) is 24.7. The van der Waals surface area contributed by atoms with E-state index in [1.54, 1.807) is 42.5 Å². The minimum absolute atomic E-state index is 0.122. The molecule has 4 rings (SSSR count). The summed E-state index contributed by atoms with van der Waals surface area (Å²) in [4.78, 5) is 29.3. The van der Waals surface area contributed by atoms with Crippen LogP contribution in [0.5, 0.6) is 0 Å². The fourth-order valence-electron chi connectivity index (χ4n) is 5.14. The molecule has 1 amide bonds. The number of carbonyl (C=O) groups excluding carboxylic acids is 2. The summed E-state index contributed by atoms with van der Waals surface area (Å²) in [6.45, 7) is 6.00. The van der Waals surface area contributed by atoms with E-state index in [2.05, 4.69) is 27.5 Å². The molecule has 8 nitrogen and oxygen atoms in total. The number of carbonyl (C=O) groups is 2. The second kappa shape index (κ2) is 16.6. The number of rotatable bonds is 16. The Bertz CT molecular complexity index is 1300. The lowest BCUT2D eigenvalue weighted by Gasteiger charge is -2.35. The van der Waals surface area contributed by atoms with Gasteiger partial charge in [0.25, 0.3) is 0 Å². The van der Waals surface area contributed by atoms with Crippen LogP contribution in [0, 0.1) is 5.82 Å². The molecule has 1 aromatic heterocycles. The molecule has 3 aromatic rings. The van der Waals surface area contributed by atoms with Gasteiger partial charge in [-0.3, -0.25) is 19.2 Å². The number of ketones is 1. The molecule has 0 bridgehead atoms. The number of aryl methyl sites for hydroxylation is 1. The van der Waals surface area contributed by atoms with Crippen molar-refractivity contribution in [3.05, 3.63) is 77.9 Å². The molecule has 1 saturated heterocycles. The molecule has 1 fully saturated rings. The third-order valence-electron chi connectivity index (χ3n) is 7.59. The van der Waals surface area contributed by atoms with Gasteiger partial charge in [-0.2, -0.15) is 0 Å². The Morgan fingerprint density at radius 2 is 1.60 bits per heavy atom. The zero-order valence-corrected chi connectivity index (χ0v) is 24.7. The van der Waals surface area contributed by atoms with Crippen molar-refractivity contribution in [2.45, 2.75) is 64.8 Å². The van der Waals surface area contributed by atoms with Gasteiger partial charge in [0, 0.05) is 44.0 Å². The Labute approximate surface area is 248 Å². The van der Waals surface area contributed by atoms with E-state index in [0.717, 1.165) is 13.0 Å². The topological polar surface area (TPSA) is 83.4 Å². The lowest BCUT2D eigenvalue weighted by atomic mass is 10.1. The first-order chi connectivity index (χ1) is 20.5.